The van der Waals surface area contributed by atoms with E-state index in [1.807, 2.05) is 24.5 Å². The third-order valence-corrected chi connectivity index (χ3v) is 6.57. The van der Waals surface area contributed by atoms with Crippen LogP contribution in [-0.2, 0) is 17.6 Å². The average molecular weight is 411 g/mol. The van der Waals surface area contributed by atoms with Gasteiger partial charge in [0.05, 0.1) is 0 Å². The molecule has 0 fully saturated rings. The smallest absolute Gasteiger partial charge is 0.348 e. The molecule has 0 amide bonds. The lowest BCUT2D eigenvalue weighted by atomic mass is 9.99. The van der Waals surface area contributed by atoms with Crippen LogP contribution in [0.25, 0.3) is 5.69 Å². The normalized spacial score (nSPS) is 13.2. The van der Waals surface area contributed by atoms with E-state index in [1.54, 1.807) is 18.2 Å². The Morgan fingerprint density at radius 3 is 2.55 bits per heavy atom. The SMILES string of the molecule is Cc1cc(C(=O)COC(=O)c2cc3c(s2)CCCC3)c(C)n1-c1ccc(F)cc1. The summed E-state index contributed by atoms with van der Waals surface area (Å²) in [6.45, 7) is 3.42. The van der Waals surface area contributed by atoms with E-state index in [4.69, 9.17) is 4.74 Å². The third-order valence-electron chi connectivity index (χ3n) is 5.35. The highest BCUT2D eigenvalue weighted by atomic mass is 32.1. The number of aryl methyl sites for hydroxylation is 3. The van der Waals surface area contributed by atoms with Gasteiger partial charge < -0.3 is 9.30 Å². The molecule has 4 nitrogen and oxygen atoms in total. The molecule has 0 N–H and O–H groups in total. The molecule has 0 unspecified atom stereocenters. The maximum atomic E-state index is 13.2. The van der Waals surface area contributed by atoms with Crippen LogP contribution in [0.1, 0.15) is 54.7 Å². The van der Waals surface area contributed by atoms with E-state index in [9.17, 15) is 14.0 Å². The number of fused-ring (bicyclic) bond motifs is 1. The summed E-state index contributed by atoms with van der Waals surface area (Å²) in [4.78, 5) is 26.9. The molecule has 0 aliphatic heterocycles. The van der Waals surface area contributed by atoms with Gasteiger partial charge in [0.15, 0.2) is 6.61 Å². The van der Waals surface area contributed by atoms with Crippen molar-refractivity contribution in [2.24, 2.45) is 0 Å². The Kier molecular flexibility index (Phi) is 5.37. The summed E-state index contributed by atoms with van der Waals surface area (Å²) < 4.78 is 20.4. The predicted octanol–water partition coefficient (Wildman–Crippen LogP) is 5.21. The van der Waals surface area contributed by atoms with Crippen molar-refractivity contribution in [1.82, 2.24) is 4.57 Å². The second-order valence-corrected chi connectivity index (χ2v) is 8.50. The average Bonchev–Trinajstić information content (AvgIpc) is 3.27. The van der Waals surface area contributed by atoms with Gasteiger partial charge in [0.25, 0.3) is 0 Å². The Hall–Kier alpha value is -2.73. The number of ketones is 1. The highest BCUT2D eigenvalue weighted by molar-refractivity contribution is 7.14. The monoisotopic (exact) mass is 411 g/mol. The van der Waals surface area contributed by atoms with Crippen molar-refractivity contribution < 1.29 is 18.7 Å². The predicted molar refractivity (Wildman–Crippen MR) is 111 cm³/mol. The number of benzene rings is 1. The first-order valence-electron chi connectivity index (χ1n) is 9.71. The molecule has 0 bridgehead atoms. The number of carbonyl (C=O) groups excluding carboxylic acids is 2. The Bertz CT molecular complexity index is 1050. The summed E-state index contributed by atoms with van der Waals surface area (Å²) >= 11 is 1.48. The summed E-state index contributed by atoms with van der Waals surface area (Å²) in [6, 6.07) is 9.80. The number of carbonyl (C=O) groups is 2. The van der Waals surface area contributed by atoms with Gasteiger partial charge in [0.1, 0.15) is 10.7 Å². The fourth-order valence-electron chi connectivity index (χ4n) is 3.90. The zero-order chi connectivity index (χ0) is 20.5. The summed E-state index contributed by atoms with van der Waals surface area (Å²) in [5.74, 6) is -0.999. The van der Waals surface area contributed by atoms with Crippen molar-refractivity contribution in [3.8, 4) is 5.69 Å². The van der Waals surface area contributed by atoms with Gasteiger partial charge in [-0.3, -0.25) is 4.79 Å². The fraction of sp³-hybridized carbons (Fsp3) is 0.304. The van der Waals surface area contributed by atoms with E-state index >= 15 is 0 Å². The van der Waals surface area contributed by atoms with E-state index in [0.29, 0.717) is 10.4 Å². The minimum Gasteiger partial charge on any atom is -0.453 e. The summed E-state index contributed by atoms with van der Waals surface area (Å²) in [7, 11) is 0. The van der Waals surface area contributed by atoms with E-state index < -0.39 is 5.97 Å². The lowest BCUT2D eigenvalue weighted by molar-refractivity contribution is 0.0479. The van der Waals surface area contributed by atoms with Gasteiger partial charge in [-0.1, -0.05) is 0 Å². The summed E-state index contributed by atoms with van der Waals surface area (Å²) in [5.41, 5.74) is 4.12. The number of ether oxygens (including phenoxy) is 1. The van der Waals surface area contributed by atoms with E-state index in [2.05, 4.69) is 0 Å². The minimum absolute atomic E-state index is 0.249. The van der Waals surface area contributed by atoms with Crippen LogP contribution in [0.15, 0.2) is 36.4 Å². The van der Waals surface area contributed by atoms with Crippen molar-refractivity contribution in [2.75, 3.05) is 6.61 Å². The van der Waals surface area contributed by atoms with Gasteiger partial charge in [-0.05, 0) is 81.5 Å². The maximum Gasteiger partial charge on any atom is 0.348 e. The first-order valence-corrected chi connectivity index (χ1v) is 10.5. The molecule has 0 atom stereocenters. The number of hydrogen-bond acceptors (Lipinski definition) is 4. The number of aromatic nitrogens is 1. The quantitative estimate of drug-likeness (QED) is 0.428. The van der Waals surface area contributed by atoms with Gasteiger partial charge >= 0.3 is 5.97 Å². The second kappa shape index (κ2) is 7.95. The Morgan fingerprint density at radius 2 is 1.83 bits per heavy atom. The van der Waals surface area contributed by atoms with Gasteiger partial charge in [0.2, 0.25) is 5.78 Å². The van der Waals surface area contributed by atoms with Crippen LogP contribution >= 0.6 is 11.3 Å². The van der Waals surface area contributed by atoms with Crippen LogP contribution in [0, 0.1) is 19.7 Å². The molecule has 0 radical (unpaired) electrons. The van der Waals surface area contributed by atoms with Crippen LogP contribution in [-0.4, -0.2) is 22.9 Å². The molecule has 1 aliphatic rings. The molecular formula is C23H22FNO3S. The Morgan fingerprint density at radius 1 is 1.10 bits per heavy atom. The van der Waals surface area contributed by atoms with Crippen LogP contribution in [0.4, 0.5) is 4.39 Å². The van der Waals surface area contributed by atoms with E-state index in [0.717, 1.165) is 42.8 Å². The molecule has 1 aliphatic carbocycles. The Labute approximate surface area is 172 Å². The number of Topliss-reactive ketones (excluding diaryl/α,β-unsaturated/α-hetero) is 1. The molecule has 2 heterocycles. The summed E-state index contributed by atoms with van der Waals surface area (Å²) in [6.07, 6.45) is 4.33. The lowest BCUT2D eigenvalue weighted by Gasteiger charge is -2.10. The van der Waals surface area contributed by atoms with Crippen molar-refractivity contribution in [3.05, 3.63) is 74.5 Å². The highest BCUT2D eigenvalue weighted by Gasteiger charge is 2.21. The van der Waals surface area contributed by atoms with Gasteiger partial charge in [-0.15, -0.1) is 11.3 Å². The second-order valence-electron chi connectivity index (χ2n) is 7.36. The Balaban J connectivity index is 1.47. The first-order chi connectivity index (χ1) is 13.9. The van der Waals surface area contributed by atoms with Crippen LogP contribution in [0.5, 0.6) is 0 Å². The first kappa shape index (κ1) is 19.6. The van der Waals surface area contributed by atoms with Crippen molar-refractivity contribution in [3.63, 3.8) is 0 Å². The fourth-order valence-corrected chi connectivity index (χ4v) is 5.05. The minimum atomic E-state index is -0.440. The number of nitrogens with zero attached hydrogens (tertiary/aromatic N) is 1. The highest BCUT2D eigenvalue weighted by Crippen LogP contribution is 2.30. The third kappa shape index (κ3) is 3.90. The molecule has 4 rings (SSSR count). The number of esters is 1. The van der Waals surface area contributed by atoms with Crippen molar-refractivity contribution in [1.29, 1.82) is 0 Å². The molecule has 3 aromatic rings. The lowest BCUT2D eigenvalue weighted by Crippen LogP contribution is -2.14. The van der Waals surface area contributed by atoms with Crippen molar-refractivity contribution >= 4 is 23.1 Å². The molecule has 29 heavy (non-hydrogen) atoms. The van der Waals surface area contributed by atoms with Gasteiger partial charge in [0, 0.05) is 27.5 Å². The van der Waals surface area contributed by atoms with Crippen LogP contribution in [0.2, 0.25) is 0 Å². The zero-order valence-electron chi connectivity index (χ0n) is 16.5. The van der Waals surface area contributed by atoms with Crippen LogP contribution < -0.4 is 0 Å². The van der Waals surface area contributed by atoms with Crippen LogP contribution in [0.3, 0.4) is 0 Å². The molecule has 0 spiro atoms. The van der Waals surface area contributed by atoms with E-state index in [1.165, 1.54) is 33.9 Å². The van der Waals surface area contributed by atoms with Crippen molar-refractivity contribution in [2.45, 2.75) is 39.5 Å². The number of hydrogen-bond donors (Lipinski definition) is 0. The topological polar surface area (TPSA) is 48.3 Å². The van der Waals surface area contributed by atoms with Gasteiger partial charge in [-0.2, -0.15) is 0 Å². The maximum absolute atomic E-state index is 13.2. The molecular weight excluding hydrogens is 389 g/mol. The van der Waals surface area contributed by atoms with E-state index in [-0.39, 0.29) is 18.2 Å². The molecule has 0 saturated carbocycles. The molecule has 1 aromatic carbocycles. The molecule has 150 valence electrons. The molecule has 2 aromatic heterocycles. The largest absolute Gasteiger partial charge is 0.453 e. The van der Waals surface area contributed by atoms with Gasteiger partial charge in [-0.25, -0.2) is 9.18 Å². The zero-order valence-corrected chi connectivity index (χ0v) is 17.3. The molecule has 0 saturated heterocycles. The number of thiophene rings is 1. The number of rotatable bonds is 5. The molecule has 6 heteroatoms. The summed E-state index contributed by atoms with van der Waals surface area (Å²) in [5, 5.41) is 0. The standard InChI is InChI=1S/C23H22FNO3S/c1-14-11-19(15(2)25(14)18-9-7-17(24)8-10-18)20(26)13-28-23(27)22-12-16-5-3-4-6-21(16)29-22/h7-12H,3-6,13H2,1-2H3. The number of halogens is 1.